The molecule has 0 aliphatic carbocycles. The van der Waals surface area contributed by atoms with Crippen molar-refractivity contribution in [3.05, 3.63) is 60.8 Å². The van der Waals surface area contributed by atoms with E-state index >= 15 is 0 Å². The first kappa shape index (κ1) is 21.7. The number of carbonyl (C=O) groups is 2. The molecule has 1 aliphatic heterocycles. The number of likely N-dealkylation sites (tertiary alicyclic amines) is 1. The van der Waals surface area contributed by atoms with Crippen molar-refractivity contribution >= 4 is 17.6 Å². The van der Waals surface area contributed by atoms with Gasteiger partial charge in [-0.15, -0.1) is 0 Å². The number of nitrogens with one attached hydrogen (secondary N) is 1. The van der Waals surface area contributed by atoms with Gasteiger partial charge in [0.1, 0.15) is 18.5 Å². The zero-order chi connectivity index (χ0) is 22.2. The number of aryl methyl sites for hydroxylation is 2. The van der Waals surface area contributed by atoms with E-state index < -0.39 is 0 Å². The van der Waals surface area contributed by atoms with Crippen molar-refractivity contribution in [3.8, 4) is 0 Å². The third-order valence-electron chi connectivity index (χ3n) is 5.83. The van der Waals surface area contributed by atoms with E-state index in [2.05, 4.69) is 32.6 Å². The van der Waals surface area contributed by atoms with E-state index in [-0.39, 0.29) is 17.9 Å². The minimum Gasteiger partial charge on any atom is -0.342 e. The summed E-state index contributed by atoms with van der Waals surface area (Å²) in [7, 11) is 0. The highest BCUT2D eigenvalue weighted by Gasteiger charge is 2.25. The van der Waals surface area contributed by atoms with E-state index in [1.54, 1.807) is 17.2 Å². The fourth-order valence-electron chi connectivity index (χ4n) is 4.08. The van der Waals surface area contributed by atoms with Gasteiger partial charge in [0.25, 0.3) is 0 Å². The highest BCUT2D eigenvalue weighted by Crippen LogP contribution is 2.26. The first-order valence-electron chi connectivity index (χ1n) is 11.2. The molecule has 4 rings (SSSR count). The highest BCUT2D eigenvalue weighted by atomic mass is 16.2. The summed E-state index contributed by atoms with van der Waals surface area (Å²) >= 11 is 0. The van der Waals surface area contributed by atoms with Crippen LogP contribution in [0.25, 0.3) is 0 Å². The van der Waals surface area contributed by atoms with Crippen molar-refractivity contribution in [3.63, 3.8) is 0 Å². The Morgan fingerprint density at radius 3 is 2.59 bits per heavy atom. The summed E-state index contributed by atoms with van der Waals surface area (Å²) in [6.45, 7) is 1.91. The number of carbonyl (C=O) groups excluding carboxylic acids is 2. The van der Waals surface area contributed by atoms with Gasteiger partial charge in [0.15, 0.2) is 0 Å². The van der Waals surface area contributed by atoms with Crippen LogP contribution in [0.2, 0.25) is 0 Å². The van der Waals surface area contributed by atoms with Crippen LogP contribution < -0.4 is 5.32 Å². The van der Waals surface area contributed by atoms with Crippen molar-refractivity contribution in [2.24, 2.45) is 0 Å². The maximum Gasteiger partial charge on any atom is 0.225 e. The van der Waals surface area contributed by atoms with Gasteiger partial charge in [0.05, 0.1) is 18.8 Å². The van der Waals surface area contributed by atoms with Gasteiger partial charge in [-0.3, -0.25) is 14.3 Å². The molecule has 2 amide bonds. The first-order chi connectivity index (χ1) is 15.7. The third-order valence-corrected chi connectivity index (χ3v) is 5.83. The van der Waals surface area contributed by atoms with Crippen LogP contribution in [0.4, 0.5) is 5.82 Å². The maximum absolute atomic E-state index is 12.5. The number of rotatable bonds is 9. The van der Waals surface area contributed by atoms with Crippen LogP contribution in [0.15, 0.2) is 55.2 Å². The fourth-order valence-corrected chi connectivity index (χ4v) is 4.08. The normalized spacial score (nSPS) is 14.4. The maximum atomic E-state index is 12.5. The lowest BCUT2D eigenvalue weighted by atomic mass is 10.0. The smallest absolute Gasteiger partial charge is 0.225 e. The Hall–Kier alpha value is -3.49. The molecule has 3 aromatic rings. The SMILES string of the molecule is O=C(CCCc1ccccc1)Nc1ccnn1C1CCN(C(=O)CCn2cncn2)CC1. The van der Waals surface area contributed by atoms with E-state index in [1.165, 1.54) is 11.9 Å². The summed E-state index contributed by atoms with van der Waals surface area (Å²) in [6.07, 6.45) is 9.01. The fraction of sp³-hybridized carbons (Fsp3) is 0.435. The van der Waals surface area contributed by atoms with Crippen LogP contribution in [0.1, 0.15) is 43.7 Å². The molecule has 32 heavy (non-hydrogen) atoms. The van der Waals surface area contributed by atoms with Crippen molar-refractivity contribution in [2.75, 3.05) is 18.4 Å². The van der Waals surface area contributed by atoms with Crippen LogP contribution >= 0.6 is 0 Å². The van der Waals surface area contributed by atoms with Crippen molar-refractivity contribution in [1.82, 2.24) is 29.4 Å². The molecule has 0 spiro atoms. The molecule has 0 saturated carbocycles. The molecule has 2 aromatic heterocycles. The zero-order valence-electron chi connectivity index (χ0n) is 18.1. The molecule has 168 valence electrons. The third kappa shape index (κ3) is 5.81. The Labute approximate surface area is 187 Å². The number of piperidine rings is 1. The number of hydrogen-bond donors (Lipinski definition) is 1. The van der Waals surface area contributed by atoms with E-state index in [4.69, 9.17) is 0 Å². The van der Waals surface area contributed by atoms with E-state index in [0.717, 1.165) is 31.5 Å². The van der Waals surface area contributed by atoms with Crippen LogP contribution in [-0.4, -0.2) is 54.3 Å². The predicted octanol–water partition coefficient (Wildman–Crippen LogP) is 2.69. The van der Waals surface area contributed by atoms with Gasteiger partial charge in [0, 0.05) is 32.0 Å². The Balaban J connectivity index is 1.22. The van der Waals surface area contributed by atoms with Gasteiger partial charge in [-0.2, -0.15) is 10.2 Å². The number of hydrogen-bond acceptors (Lipinski definition) is 5. The molecule has 9 nitrogen and oxygen atoms in total. The molecule has 3 heterocycles. The molecular formula is C23H29N7O2. The standard InChI is InChI=1S/C23H29N7O2/c31-22(8-4-7-19-5-2-1-3-6-19)27-21-9-13-25-30(21)20-10-14-28(15-11-20)23(32)12-16-29-18-24-17-26-29/h1-3,5-6,9,13,17-18,20H,4,7-8,10-12,14-16H2,(H,27,31). The molecule has 1 aromatic carbocycles. The van der Waals surface area contributed by atoms with Gasteiger partial charge in [-0.05, 0) is 31.2 Å². The molecule has 1 aliphatic rings. The molecule has 0 unspecified atom stereocenters. The Morgan fingerprint density at radius 2 is 1.84 bits per heavy atom. The van der Waals surface area contributed by atoms with Crippen LogP contribution in [0, 0.1) is 0 Å². The molecule has 0 radical (unpaired) electrons. The number of aromatic nitrogens is 5. The summed E-state index contributed by atoms with van der Waals surface area (Å²) in [5, 5.41) is 11.5. The van der Waals surface area contributed by atoms with Crippen molar-refractivity contribution in [1.29, 1.82) is 0 Å². The number of nitrogens with zero attached hydrogens (tertiary/aromatic N) is 6. The van der Waals surface area contributed by atoms with E-state index in [9.17, 15) is 9.59 Å². The van der Waals surface area contributed by atoms with E-state index in [1.807, 2.05) is 33.8 Å². The molecule has 9 heteroatoms. The second kappa shape index (κ2) is 10.7. The lowest BCUT2D eigenvalue weighted by Gasteiger charge is -2.32. The summed E-state index contributed by atoms with van der Waals surface area (Å²) in [4.78, 5) is 30.7. The summed E-state index contributed by atoms with van der Waals surface area (Å²) in [5.74, 6) is 0.862. The Kier molecular flexibility index (Phi) is 7.27. The summed E-state index contributed by atoms with van der Waals surface area (Å²) in [5.41, 5.74) is 1.24. The lowest BCUT2D eigenvalue weighted by molar-refractivity contribution is -0.132. The van der Waals surface area contributed by atoms with Gasteiger partial charge < -0.3 is 10.2 Å². The van der Waals surface area contributed by atoms with Crippen molar-refractivity contribution in [2.45, 2.75) is 51.1 Å². The summed E-state index contributed by atoms with van der Waals surface area (Å²) in [6, 6.07) is 12.2. The molecule has 1 saturated heterocycles. The number of benzene rings is 1. The average molecular weight is 436 g/mol. The quantitative estimate of drug-likeness (QED) is 0.557. The van der Waals surface area contributed by atoms with Crippen LogP contribution in [0.5, 0.6) is 0 Å². The van der Waals surface area contributed by atoms with Crippen molar-refractivity contribution < 1.29 is 9.59 Å². The molecule has 1 fully saturated rings. The molecule has 0 atom stereocenters. The topological polar surface area (TPSA) is 97.9 Å². The first-order valence-corrected chi connectivity index (χ1v) is 11.2. The molecule has 0 bridgehead atoms. The number of amides is 2. The van der Waals surface area contributed by atoms with Gasteiger partial charge in [0.2, 0.25) is 11.8 Å². The highest BCUT2D eigenvalue weighted by molar-refractivity contribution is 5.89. The van der Waals surface area contributed by atoms with Crippen LogP contribution in [0.3, 0.4) is 0 Å². The Bertz CT molecular complexity index is 993. The summed E-state index contributed by atoms with van der Waals surface area (Å²) < 4.78 is 3.57. The largest absolute Gasteiger partial charge is 0.342 e. The lowest BCUT2D eigenvalue weighted by Crippen LogP contribution is -2.39. The van der Waals surface area contributed by atoms with Gasteiger partial charge in [-0.25, -0.2) is 9.67 Å². The average Bonchev–Trinajstić information content (AvgIpc) is 3.50. The van der Waals surface area contributed by atoms with Gasteiger partial charge >= 0.3 is 0 Å². The molecular weight excluding hydrogens is 406 g/mol. The monoisotopic (exact) mass is 435 g/mol. The number of anilines is 1. The van der Waals surface area contributed by atoms with E-state index in [0.29, 0.717) is 32.5 Å². The zero-order valence-corrected chi connectivity index (χ0v) is 18.1. The Morgan fingerprint density at radius 1 is 1.03 bits per heavy atom. The van der Waals surface area contributed by atoms with Crippen LogP contribution in [-0.2, 0) is 22.6 Å². The second-order valence-corrected chi connectivity index (χ2v) is 8.07. The minimum atomic E-state index is 0.00315. The second-order valence-electron chi connectivity index (χ2n) is 8.07. The minimum absolute atomic E-state index is 0.00315. The van der Waals surface area contributed by atoms with Gasteiger partial charge in [-0.1, -0.05) is 30.3 Å². The molecule has 1 N–H and O–H groups in total. The predicted molar refractivity (Wildman–Crippen MR) is 120 cm³/mol.